The molecule has 160 valence electrons. The first kappa shape index (κ1) is 23.1. The second kappa shape index (κ2) is 11.2. The molecule has 1 aliphatic heterocycles. The maximum atomic E-state index is 12.2. The molecule has 1 fully saturated rings. The van der Waals surface area contributed by atoms with Gasteiger partial charge in [-0.15, -0.1) is 23.5 Å². The predicted molar refractivity (Wildman–Crippen MR) is 125 cm³/mol. The van der Waals surface area contributed by atoms with Gasteiger partial charge in [0.25, 0.3) is 5.91 Å². The van der Waals surface area contributed by atoms with Gasteiger partial charge in [-0.3, -0.25) is 4.79 Å². The molecule has 5 nitrogen and oxygen atoms in total. The normalized spacial score (nSPS) is 15.3. The number of amides is 1. The summed E-state index contributed by atoms with van der Waals surface area (Å²) in [6.07, 6.45) is 0.244. The number of carbonyl (C=O) groups is 2. The number of carbonyl (C=O) groups excluding carboxylic acids is 2. The van der Waals surface area contributed by atoms with E-state index in [0.29, 0.717) is 26.1 Å². The molecular weight excluding hydrogens is 465 g/mol. The molecule has 2 aromatic carbocycles. The fraction of sp³-hybridized carbons (Fsp3) is 0.333. The molecule has 0 aromatic heterocycles. The number of benzene rings is 2. The lowest BCUT2D eigenvalue weighted by Crippen LogP contribution is -2.31. The maximum Gasteiger partial charge on any atom is 0.344 e. The van der Waals surface area contributed by atoms with Crippen molar-refractivity contribution in [3.63, 3.8) is 0 Å². The minimum atomic E-state index is -1.00. The van der Waals surface area contributed by atoms with Gasteiger partial charge in [-0.2, -0.15) is 0 Å². The zero-order valence-electron chi connectivity index (χ0n) is 16.2. The highest BCUT2D eigenvalue weighted by Crippen LogP contribution is 2.43. The van der Waals surface area contributed by atoms with Crippen LogP contribution in [0.15, 0.2) is 42.5 Å². The fourth-order valence-corrected chi connectivity index (χ4v) is 6.00. The summed E-state index contributed by atoms with van der Waals surface area (Å²) in [5, 5.41) is 3.36. The van der Waals surface area contributed by atoms with Gasteiger partial charge in [0.05, 0.1) is 15.3 Å². The number of nitrogens with one attached hydrogen (secondary N) is 1. The van der Waals surface area contributed by atoms with E-state index in [0.717, 1.165) is 0 Å². The molecule has 1 atom stereocenters. The summed E-state index contributed by atoms with van der Waals surface area (Å²) in [7, 11) is 0. The smallest absolute Gasteiger partial charge is 0.344 e. The van der Waals surface area contributed by atoms with Crippen molar-refractivity contribution in [2.24, 2.45) is 0 Å². The summed E-state index contributed by atoms with van der Waals surface area (Å²) in [4.78, 5) is 24.3. The SMILES string of the molecule is C[C@@H](OC(=O)COc1ccc(C2SCCCS2)cc1)C(=O)Nc1ccc(Cl)cc1Cl. The minimum absolute atomic E-state index is 0.286. The van der Waals surface area contributed by atoms with Crippen LogP contribution in [0.3, 0.4) is 0 Å². The Morgan fingerprint density at radius 3 is 2.50 bits per heavy atom. The van der Waals surface area contributed by atoms with Gasteiger partial charge in [0.1, 0.15) is 5.75 Å². The first-order valence-corrected chi connectivity index (χ1v) is 12.2. The van der Waals surface area contributed by atoms with Crippen molar-refractivity contribution in [2.75, 3.05) is 23.4 Å². The molecule has 0 radical (unpaired) electrons. The average molecular weight is 486 g/mol. The second-order valence-electron chi connectivity index (χ2n) is 6.53. The number of hydrogen-bond acceptors (Lipinski definition) is 6. The number of hydrogen-bond donors (Lipinski definition) is 1. The fourth-order valence-electron chi connectivity index (χ4n) is 2.65. The van der Waals surface area contributed by atoms with Gasteiger partial charge < -0.3 is 14.8 Å². The summed E-state index contributed by atoms with van der Waals surface area (Å²) in [5.74, 6) is 1.79. The van der Waals surface area contributed by atoms with Crippen molar-refractivity contribution in [1.29, 1.82) is 0 Å². The highest BCUT2D eigenvalue weighted by Gasteiger charge is 2.20. The molecule has 0 saturated carbocycles. The van der Waals surface area contributed by atoms with Crippen LogP contribution >= 0.6 is 46.7 Å². The molecule has 0 bridgehead atoms. The molecular formula is C21H21Cl2NO4S2. The average Bonchev–Trinajstić information content (AvgIpc) is 2.75. The van der Waals surface area contributed by atoms with E-state index in [4.69, 9.17) is 32.7 Å². The molecule has 1 heterocycles. The first-order valence-electron chi connectivity index (χ1n) is 9.34. The predicted octanol–water partition coefficient (Wildman–Crippen LogP) is 5.81. The van der Waals surface area contributed by atoms with Gasteiger partial charge >= 0.3 is 5.97 Å². The van der Waals surface area contributed by atoms with E-state index in [1.807, 2.05) is 47.8 Å². The van der Waals surface area contributed by atoms with Crippen LogP contribution in [0.2, 0.25) is 10.0 Å². The molecule has 2 aromatic rings. The molecule has 0 spiro atoms. The van der Waals surface area contributed by atoms with E-state index in [2.05, 4.69) is 5.32 Å². The lowest BCUT2D eigenvalue weighted by Gasteiger charge is -2.21. The van der Waals surface area contributed by atoms with E-state index in [-0.39, 0.29) is 6.61 Å². The van der Waals surface area contributed by atoms with E-state index in [9.17, 15) is 9.59 Å². The number of rotatable bonds is 7. The van der Waals surface area contributed by atoms with Crippen molar-refractivity contribution in [3.05, 3.63) is 58.1 Å². The minimum Gasteiger partial charge on any atom is -0.482 e. The Labute approximate surface area is 194 Å². The van der Waals surface area contributed by atoms with Crippen LogP contribution in [-0.4, -0.2) is 36.1 Å². The molecule has 0 aliphatic carbocycles. The molecule has 1 aliphatic rings. The summed E-state index contributed by atoms with van der Waals surface area (Å²) in [5.41, 5.74) is 1.63. The second-order valence-corrected chi connectivity index (χ2v) is 10.1. The van der Waals surface area contributed by atoms with E-state index >= 15 is 0 Å². The number of thioether (sulfide) groups is 2. The van der Waals surface area contributed by atoms with Crippen LogP contribution in [0.1, 0.15) is 23.5 Å². The van der Waals surface area contributed by atoms with Crippen LogP contribution in [0.5, 0.6) is 5.75 Å². The standard InChI is InChI=1S/C21H21Cl2NO4S2/c1-13(20(26)24-18-8-5-15(22)11-17(18)23)28-19(25)12-27-16-6-3-14(4-7-16)21-29-9-2-10-30-21/h3-8,11,13,21H,2,9-10,12H2,1H3,(H,24,26)/t13-/m1/s1. The Kier molecular flexibility index (Phi) is 8.62. The number of halogens is 2. The molecule has 30 heavy (non-hydrogen) atoms. The third-order valence-electron chi connectivity index (χ3n) is 4.20. The largest absolute Gasteiger partial charge is 0.482 e. The molecule has 9 heteroatoms. The molecule has 1 amide bonds. The third-order valence-corrected chi connectivity index (χ3v) is 7.77. The molecule has 1 N–H and O–H groups in total. The Balaban J connectivity index is 1.44. The van der Waals surface area contributed by atoms with Crippen molar-refractivity contribution in [3.8, 4) is 5.75 Å². The van der Waals surface area contributed by atoms with Crippen LogP contribution in [0, 0.1) is 0 Å². The topological polar surface area (TPSA) is 64.6 Å². The van der Waals surface area contributed by atoms with Crippen LogP contribution in [0.4, 0.5) is 5.69 Å². The molecule has 3 rings (SSSR count). The van der Waals surface area contributed by atoms with Crippen LogP contribution < -0.4 is 10.1 Å². The van der Waals surface area contributed by atoms with Gasteiger partial charge in [-0.25, -0.2) is 4.79 Å². The quantitative estimate of drug-likeness (QED) is 0.499. The summed E-state index contributed by atoms with van der Waals surface area (Å²) < 4.78 is 11.1. The number of ether oxygens (including phenoxy) is 2. The number of anilines is 1. The van der Waals surface area contributed by atoms with Crippen molar-refractivity contribution >= 4 is 64.3 Å². The number of esters is 1. The maximum absolute atomic E-state index is 12.2. The summed E-state index contributed by atoms with van der Waals surface area (Å²) in [6, 6.07) is 12.4. The van der Waals surface area contributed by atoms with Crippen molar-refractivity contribution in [2.45, 2.75) is 24.0 Å². The van der Waals surface area contributed by atoms with Gasteiger partial charge in [-0.1, -0.05) is 35.3 Å². The zero-order valence-corrected chi connectivity index (χ0v) is 19.4. The highest BCUT2D eigenvalue weighted by molar-refractivity contribution is 8.16. The molecule has 1 saturated heterocycles. The Hall–Kier alpha value is -1.54. The van der Waals surface area contributed by atoms with E-state index in [1.54, 1.807) is 12.1 Å². The van der Waals surface area contributed by atoms with Crippen LogP contribution in [0.25, 0.3) is 0 Å². The zero-order chi connectivity index (χ0) is 21.5. The monoisotopic (exact) mass is 485 g/mol. The third kappa shape index (κ3) is 6.74. The van der Waals surface area contributed by atoms with E-state index in [1.165, 1.54) is 36.5 Å². The van der Waals surface area contributed by atoms with Crippen molar-refractivity contribution in [1.82, 2.24) is 0 Å². The molecule has 0 unspecified atom stereocenters. The Bertz CT molecular complexity index is 889. The van der Waals surface area contributed by atoms with E-state index < -0.39 is 18.0 Å². The lowest BCUT2D eigenvalue weighted by atomic mass is 10.2. The summed E-state index contributed by atoms with van der Waals surface area (Å²) in [6.45, 7) is 1.19. The van der Waals surface area contributed by atoms with Gasteiger partial charge in [0.15, 0.2) is 12.7 Å². The van der Waals surface area contributed by atoms with Gasteiger partial charge in [0, 0.05) is 5.02 Å². The van der Waals surface area contributed by atoms with Gasteiger partial charge in [0.2, 0.25) is 0 Å². The highest BCUT2D eigenvalue weighted by atomic mass is 35.5. The lowest BCUT2D eigenvalue weighted by molar-refractivity contribution is -0.155. The van der Waals surface area contributed by atoms with Crippen molar-refractivity contribution < 1.29 is 19.1 Å². The first-order chi connectivity index (χ1) is 14.4. The Morgan fingerprint density at radius 1 is 1.13 bits per heavy atom. The van der Waals surface area contributed by atoms with Crippen LogP contribution in [-0.2, 0) is 14.3 Å². The summed E-state index contributed by atoms with van der Waals surface area (Å²) >= 11 is 15.8. The Morgan fingerprint density at radius 2 is 1.83 bits per heavy atom. The van der Waals surface area contributed by atoms with Gasteiger partial charge in [-0.05, 0) is 60.7 Å².